The minimum Gasteiger partial charge on any atom is -0.287 e. The molecule has 4 nitrogen and oxygen atoms in total. The van der Waals surface area contributed by atoms with E-state index in [-0.39, 0.29) is 5.56 Å². The first kappa shape index (κ1) is 13.8. The van der Waals surface area contributed by atoms with Crippen LogP contribution in [0.4, 0.5) is 0 Å². The van der Waals surface area contributed by atoms with E-state index in [1.165, 1.54) is 11.3 Å². The minimum atomic E-state index is 0.0597. The van der Waals surface area contributed by atoms with Crippen LogP contribution in [-0.2, 0) is 12.3 Å². The van der Waals surface area contributed by atoms with Crippen LogP contribution in [0.15, 0.2) is 26.8 Å². The second-order valence-corrected chi connectivity index (χ2v) is 7.15. The van der Waals surface area contributed by atoms with Gasteiger partial charge >= 0.3 is 0 Å². The van der Waals surface area contributed by atoms with Crippen molar-refractivity contribution in [2.45, 2.75) is 31.3 Å². The van der Waals surface area contributed by atoms with Crippen molar-refractivity contribution < 1.29 is 0 Å². The van der Waals surface area contributed by atoms with Gasteiger partial charge in [0.05, 0.1) is 16.2 Å². The molecule has 0 aromatic carbocycles. The lowest BCUT2D eigenvalue weighted by atomic mass is 10.5. The number of hydrogen-bond acceptors (Lipinski definition) is 6. The molecule has 0 atom stereocenters. The molecule has 3 aromatic heterocycles. The molecule has 0 fully saturated rings. The fraction of sp³-hybridized carbons (Fsp3) is 0.308. The second-order valence-electron chi connectivity index (χ2n) is 4.23. The van der Waals surface area contributed by atoms with E-state index in [1.807, 2.05) is 25.3 Å². The van der Waals surface area contributed by atoms with Gasteiger partial charge in [0.2, 0.25) is 0 Å². The number of thiophene rings is 1. The standard InChI is InChI=1S/C13H13N3OS3/c1-3-16-12(17)11-10(4-5-18-11)15-13(16)20-7-9-6-19-8(2)14-9/h4-6H,3,7H2,1-2H3. The van der Waals surface area contributed by atoms with Crippen molar-refractivity contribution >= 4 is 44.7 Å². The maximum absolute atomic E-state index is 12.4. The van der Waals surface area contributed by atoms with Crippen LogP contribution in [0.5, 0.6) is 0 Å². The van der Waals surface area contributed by atoms with Crippen molar-refractivity contribution in [2.75, 3.05) is 0 Å². The molecule has 0 amide bonds. The van der Waals surface area contributed by atoms with Crippen LogP contribution < -0.4 is 5.56 Å². The molecule has 0 bridgehead atoms. The average molecular weight is 323 g/mol. The van der Waals surface area contributed by atoms with Crippen molar-refractivity contribution in [2.24, 2.45) is 0 Å². The first-order valence-corrected chi connectivity index (χ1v) is 8.95. The smallest absolute Gasteiger partial charge is 0.272 e. The lowest BCUT2D eigenvalue weighted by Gasteiger charge is -2.08. The highest BCUT2D eigenvalue weighted by molar-refractivity contribution is 7.98. The Morgan fingerprint density at radius 3 is 2.90 bits per heavy atom. The fourth-order valence-electron chi connectivity index (χ4n) is 1.93. The molecule has 7 heteroatoms. The molecule has 3 rings (SSSR count). The Labute approximate surface area is 128 Å². The third-order valence-corrected chi connectivity index (χ3v) is 5.59. The summed E-state index contributed by atoms with van der Waals surface area (Å²) < 4.78 is 2.48. The third-order valence-electron chi connectivity index (χ3n) is 2.86. The zero-order valence-electron chi connectivity index (χ0n) is 11.1. The molecule has 0 saturated carbocycles. The molecule has 3 heterocycles. The largest absolute Gasteiger partial charge is 0.287 e. The predicted octanol–water partition coefficient (Wildman–Crippen LogP) is 3.54. The number of fused-ring (bicyclic) bond motifs is 1. The molecule has 3 aromatic rings. The molecule has 0 aliphatic rings. The van der Waals surface area contributed by atoms with Crippen molar-refractivity contribution in [1.29, 1.82) is 0 Å². The Hall–Kier alpha value is -1.18. The number of rotatable bonds is 4. The molecular weight excluding hydrogens is 310 g/mol. The third kappa shape index (κ3) is 2.53. The number of thiazole rings is 1. The SMILES string of the molecule is CCn1c(SCc2csc(C)n2)nc2ccsc2c1=O. The van der Waals surface area contributed by atoms with Crippen LogP contribution in [0.3, 0.4) is 0 Å². The molecule has 0 aliphatic carbocycles. The van der Waals surface area contributed by atoms with Crippen molar-refractivity contribution in [1.82, 2.24) is 14.5 Å². The molecule has 0 radical (unpaired) electrons. The number of aryl methyl sites for hydroxylation is 1. The van der Waals surface area contributed by atoms with Gasteiger partial charge in [0.1, 0.15) is 4.70 Å². The van der Waals surface area contributed by atoms with Gasteiger partial charge < -0.3 is 0 Å². The van der Waals surface area contributed by atoms with Gasteiger partial charge in [0.25, 0.3) is 5.56 Å². The summed E-state index contributed by atoms with van der Waals surface area (Å²) in [6, 6.07) is 1.90. The van der Waals surface area contributed by atoms with Gasteiger partial charge in [0, 0.05) is 17.7 Å². The maximum atomic E-state index is 12.4. The Bertz CT molecular complexity index is 803. The van der Waals surface area contributed by atoms with Crippen LogP contribution >= 0.6 is 34.4 Å². The normalized spacial score (nSPS) is 11.3. The van der Waals surface area contributed by atoms with Crippen LogP contribution in [-0.4, -0.2) is 14.5 Å². The first-order valence-electron chi connectivity index (χ1n) is 6.21. The van der Waals surface area contributed by atoms with E-state index in [4.69, 9.17) is 0 Å². The molecule has 0 saturated heterocycles. The highest BCUT2D eigenvalue weighted by atomic mass is 32.2. The van der Waals surface area contributed by atoms with E-state index >= 15 is 0 Å². The van der Waals surface area contributed by atoms with Gasteiger partial charge in [-0.1, -0.05) is 11.8 Å². The van der Waals surface area contributed by atoms with E-state index in [9.17, 15) is 4.79 Å². The highest BCUT2D eigenvalue weighted by Crippen LogP contribution is 2.24. The molecule has 104 valence electrons. The summed E-state index contributed by atoms with van der Waals surface area (Å²) >= 11 is 4.67. The van der Waals surface area contributed by atoms with E-state index in [0.717, 1.165) is 31.8 Å². The summed E-state index contributed by atoms with van der Waals surface area (Å²) in [4.78, 5) is 21.4. The number of nitrogens with zero attached hydrogens (tertiary/aromatic N) is 3. The summed E-state index contributed by atoms with van der Waals surface area (Å²) in [5, 5.41) is 5.81. The van der Waals surface area contributed by atoms with Gasteiger partial charge in [-0.05, 0) is 25.3 Å². The summed E-state index contributed by atoms with van der Waals surface area (Å²) in [7, 11) is 0. The molecule has 0 N–H and O–H groups in total. The zero-order chi connectivity index (χ0) is 14.1. The van der Waals surface area contributed by atoms with Crippen molar-refractivity contribution in [3.8, 4) is 0 Å². The molecule has 0 aliphatic heterocycles. The summed E-state index contributed by atoms with van der Waals surface area (Å²) in [5.74, 6) is 0.742. The van der Waals surface area contributed by atoms with E-state index < -0.39 is 0 Å². The Morgan fingerprint density at radius 1 is 1.35 bits per heavy atom. The van der Waals surface area contributed by atoms with Gasteiger partial charge in [0.15, 0.2) is 5.16 Å². The number of hydrogen-bond donors (Lipinski definition) is 0. The van der Waals surface area contributed by atoms with Crippen molar-refractivity contribution in [3.05, 3.63) is 37.9 Å². The summed E-state index contributed by atoms with van der Waals surface area (Å²) in [5.41, 5.74) is 1.89. The monoisotopic (exact) mass is 323 g/mol. The van der Waals surface area contributed by atoms with Crippen LogP contribution in [0.2, 0.25) is 0 Å². The van der Waals surface area contributed by atoms with E-state index in [1.54, 1.807) is 27.7 Å². The van der Waals surface area contributed by atoms with E-state index in [0.29, 0.717) is 6.54 Å². The maximum Gasteiger partial charge on any atom is 0.272 e. The molecular formula is C13H13N3OS3. The predicted molar refractivity (Wildman–Crippen MR) is 86.0 cm³/mol. The minimum absolute atomic E-state index is 0.0597. The second kappa shape index (κ2) is 5.67. The van der Waals surface area contributed by atoms with Crippen LogP contribution in [0, 0.1) is 6.92 Å². The van der Waals surface area contributed by atoms with Crippen molar-refractivity contribution in [3.63, 3.8) is 0 Å². The average Bonchev–Trinajstić information content (AvgIpc) is 3.05. The Balaban J connectivity index is 1.95. The molecule has 0 unspecified atom stereocenters. The van der Waals surface area contributed by atoms with Crippen LogP contribution in [0.1, 0.15) is 17.6 Å². The quantitative estimate of drug-likeness (QED) is 0.544. The first-order chi connectivity index (χ1) is 9.69. The fourth-order valence-corrected chi connectivity index (χ4v) is 4.38. The lowest BCUT2D eigenvalue weighted by molar-refractivity contribution is 0.635. The highest BCUT2D eigenvalue weighted by Gasteiger charge is 2.12. The molecule has 20 heavy (non-hydrogen) atoms. The van der Waals surface area contributed by atoms with Gasteiger partial charge in [-0.2, -0.15) is 0 Å². The van der Waals surface area contributed by atoms with Gasteiger partial charge in [-0.25, -0.2) is 9.97 Å². The van der Waals surface area contributed by atoms with Gasteiger partial charge in [-0.3, -0.25) is 9.36 Å². The van der Waals surface area contributed by atoms with Crippen LogP contribution in [0.25, 0.3) is 10.2 Å². The van der Waals surface area contributed by atoms with E-state index in [2.05, 4.69) is 15.3 Å². The summed E-state index contributed by atoms with van der Waals surface area (Å²) in [6.45, 7) is 4.61. The summed E-state index contributed by atoms with van der Waals surface area (Å²) in [6.07, 6.45) is 0. The Kier molecular flexibility index (Phi) is 3.91. The molecule has 0 spiro atoms. The lowest BCUT2D eigenvalue weighted by Crippen LogP contribution is -2.21. The number of aromatic nitrogens is 3. The number of thioether (sulfide) groups is 1. The Morgan fingerprint density at radius 2 is 2.20 bits per heavy atom. The van der Waals surface area contributed by atoms with Gasteiger partial charge in [-0.15, -0.1) is 22.7 Å². The topological polar surface area (TPSA) is 47.8 Å². The zero-order valence-corrected chi connectivity index (χ0v) is 13.6.